The molecule has 8 nitrogen and oxygen atoms in total. The zero-order valence-electron chi connectivity index (χ0n) is 21.1. The minimum Gasteiger partial charge on any atom is -0.465 e. The Hall–Kier alpha value is -3.07. The lowest BCUT2D eigenvalue weighted by atomic mass is 10.1. The molecule has 0 aliphatic carbocycles. The number of hydrogen-bond donors (Lipinski definition) is 2. The molecule has 0 heterocycles. The van der Waals surface area contributed by atoms with Crippen molar-refractivity contribution in [1.82, 2.24) is 0 Å². The van der Waals surface area contributed by atoms with Crippen LogP contribution in [0.5, 0.6) is 0 Å². The fraction of sp³-hybridized carbons (Fsp3) is 0.462. The van der Waals surface area contributed by atoms with E-state index in [9.17, 15) is 18.0 Å². The number of methoxy groups -OCH3 is 1. The molecule has 0 radical (unpaired) electrons. The third-order valence-electron chi connectivity index (χ3n) is 5.10. The molecular weight excluding hydrogens is 468 g/mol. The van der Waals surface area contributed by atoms with Gasteiger partial charge in [-0.2, -0.15) is 0 Å². The number of thiol groups is 1. The van der Waals surface area contributed by atoms with Gasteiger partial charge in [0.15, 0.2) is 0 Å². The van der Waals surface area contributed by atoms with Crippen molar-refractivity contribution in [2.75, 3.05) is 23.3 Å². The van der Waals surface area contributed by atoms with Crippen LogP contribution in [0.15, 0.2) is 42.5 Å². The summed E-state index contributed by atoms with van der Waals surface area (Å²) in [5, 5.41) is 3.16. The normalized spacial score (nSPS) is 11.3. The second-order valence-electron chi connectivity index (χ2n) is 9.16. The van der Waals surface area contributed by atoms with Gasteiger partial charge in [0.05, 0.1) is 24.0 Å². The second kappa shape index (κ2) is 13.1. The van der Waals surface area contributed by atoms with Crippen LogP contribution in [-0.4, -0.2) is 39.6 Å². The summed E-state index contributed by atoms with van der Waals surface area (Å²) in [5.41, 5.74) is 1.95. The minimum atomic E-state index is -3.07. The Labute approximate surface area is 209 Å². The highest BCUT2D eigenvalue weighted by Crippen LogP contribution is 2.32. The molecule has 0 aromatic heterocycles. The summed E-state index contributed by atoms with van der Waals surface area (Å²) >= 11 is 0. The van der Waals surface area contributed by atoms with Gasteiger partial charge in [-0.05, 0) is 75.9 Å². The number of carbonyl (C=O) groups excluding carboxylic acids is 2. The van der Waals surface area contributed by atoms with Crippen molar-refractivity contribution in [1.29, 1.82) is 0 Å². The number of aryl methyl sites for hydroxylation is 1. The zero-order chi connectivity index (χ0) is 26.0. The smallest absolute Gasteiger partial charge is 0.340 e. The van der Waals surface area contributed by atoms with Crippen LogP contribution in [0.2, 0.25) is 0 Å². The molecule has 2 aromatic carbocycles. The summed E-state index contributed by atoms with van der Waals surface area (Å²) < 4.78 is 35.8. The molecule has 0 fully saturated rings. The molecule has 2 aromatic rings. The van der Waals surface area contributed by atoms with Gasteiger partial charge < -0.3 is 14.8 Å². The van der Waals surface area contributed by atoms with Crippen molar-refractivity contribution in [2.24, 2.45) is 0 Å². The topological polar surface area (TPSA) is 102 Å². The molecule has 0 aliphatic heterocycles. The van der Waals surface area contributed by atoms with Crippen LogP contribution in [0, 0.1) is 0 Å². The lowest BCUT2D eigenvalue weighted by molar-refractivity contribution is -0.154. The highest BCUT2D eigenvalue weighted by molar-refractivity contribution is 7.74. The fourth-order valence-electron chi connectivity index (χ4n) is 3.47. The molecular formula is C26H36N2O6S. The highest BCUT2D eigenvalue weighted by Gasteiger charge is 2.21. The van der Waals surface area contributed by atoms with Crippen molar-refractivity contribution >= 4 is 39.9 Å². The first-order valence-electron chi connectivity index (χ1n) is 11.8. The molecule has 9 heteroatoms. The molecule has 0 bridgehead atoms. The van der Waals surface area contributed by atoms with Crippen LogP contribution in [0.1, 0.15) is 69.3 Å². The first kappa shape index (κ1) is 28.2. The van der Waals surface area contributed by atoms with Gasteiger partial charge in [0.2, 0.25) is 10.9 Å². The van der Waals surface area contributed by atoms with Crippen molar-refractivity contribution in [3.8, 4) is 0 Å². The number of hydrogen-bond acceptors (Lipinski definition) is 7. The number of nitrogens with zero attached hydrogens (tertiary/aromatic N) is 1. The van der Waals surface area contributed by atoms with E-state index in [1.54, 1.807) is 30.3 Å². The van der Waals surface area contributed by atoms with Crippen LogP contribution >= 0.6 is 0 Å². The van der Waals surface area contributed by atoms with Gasteiger partial charge in [0, 0.05) is 18.7 Å². The van der Waals surface area contributed by atoms with E-state index in [-0.39, 0.29) is 23.6 Å². The average Bonchev–Trinajstić information content (AvgIpc) is 2.80. The Morgan fingerprint density at radius 2 is 1.71 bits per heavy atom. The third-order valence-corrected chi connectivity index (χ3v) is 5.87. The van der Waals surface area contributed by atoms with E-state index in [2.05, 4.69) is 12.2 Å². The van der Waals surface area contributed by atoms with Gasteiger partial charge in [-0.25, -0.2) is 17.5 Å². The Morgan fingerprint density at radius 3 is 2.29 bits per heavy atom. The maximum atomic E-state index is 12.5. The number of benzene rings is 2. The molecule has 0 spiro atoms. The second-order valence-corrected chi connectivity index (χ2v) is 10.0. The molecule has 0 saturated heterocycles. The van der Waals surface area contributed by atoms with Crippen LogP contribution in [-0.2, 0) is 31.6 Å². The summed E-state index contributed by atoms with van der Waals surface area (Å²) in [6, 6.07) is 12.1. The number of nitrogens with one attached hydrogen (secondary N) is 1. The summed E-state index contributed by atoms with van der Waals surface area (Å²) in [4.78, 5) is 24.4. The van der Waals surface area contributed by atoms with Gasteiger partial charge in [-0.15, -0.1) is 0 Å². The molecule has 0 amide bonds. The van der Waals surface area contributed by atoms with Crippen LogP contribution < -0.4 is 9.62 Å². The number of unbranched alkanes of at least 4 members (excludes halogenated alkanes) is 1. The summed E-state index contributed by atoms with van der Waals surface area (Å²) in [6.07, 6.45) is 3.84. The summed E-state index contributed by atoms with van der Waals surface area (Å²) in [6.45, 7) is 8.04. The van der Waals surface area contributed by atoms with Crippen LogP contribution in [0.4, 0.5) is 17.1 Å². The Balaban J connectivity index is 2.21. The molecule has 2 rings (SSSR count). The molecule has 192 valence electrons. The number of carbonyl (C=O) groups is 2. The Morgan fingerprint density at radius 1 is 1.03 bits per heavy atom. The number of anilines is 3. The molecule has 0 atom stereocenters. The lowest BCUT2D eigenvalue weighted by Gasteiger charge is -2.21. The van der Waals surface area contributed by atoms with Crippen LogP contribution in [0.3, 0.4) is 0 Å². The van der Waals surface area contributed by atoms with Crippen molar-refractivity contribution in [2.45, 2.75) is 65.4 Å². The highest BCUT2D eigenvalue weighted by atomic mass is 32.2. The molecule has 1 N–H and O–H groups in total. The van der Waals surface area contributed by atoms with Gasteiger partial charge in [0.25, 0.3) is 0 Å². The average molecular weight is 505 g/mol. The van der Waals surface area contributed by atoms with E-state index in [4.69, 9.17) is 9.47 Å². The standard InChI is InChI=1S/C26H36N2O6S/c1-6-7-9-19-11-14-21(15-12-19)28(35(31)32)23-16-13-20(18-22(23)25(30)33-5)27-17-8-10-24(29)34-26(2,3)4/h11-16,18,27,35H,6-10,17H2,1-5H3. The van der Waals surface area contributed by atoms with Crippen molar-refractivity contribution in [3.63, 3.8) is 0 Å². The summed E-state index contributed by atoms with van der Waals surface area (Å²) in [5.74, 6) is -0.931. The first-order chi connectivity index (χ1) is 16.6. The van der Waals surface area contributed by atoms with Crippen molar-refractivity contribution in [3.05, 3.63) is 53.6 Å². The molecule has 35 heavy (non-hydrogen) atoms. The SMILES string of the molecule is CCCCc1ccc(N(c2ccc(NCCCC(=O)OC(C)(C)C)cc2C(=O)OC)[SH](=O)=O)cc1. The van der Waals surface area contributed by atoms with E-state index in [1.807, 2.05) is 32.9 Å². The largest absolute Gasteiger partial charge is 0.465 e. The molecule has 0 aliphatic rings. The first-order valence-corrected chi connectivity index (χ1v) is 12.9. The summed E-state index contributed by atoms with van der Waals surface area (Å²) in [7, 11) is -1.82. The third kappa shape index (κ3) is 8.90. The van der Waals surface area contributed by atoms with Crippen molar-refractivity contribution < 1.29 is 27.5 Å². The maximum Gasteiger partial charge on any atom is 0.340 e. The number of rotatable bonds is 12. The predicted octanol–water partition coefficient (Wildman–Crippen LogP) is 5.01. The number of ether oxygens (including phenoxy) is 2. The Kier molecular flexibility index (Phi) is 10.6. The van der Waals surface area contributed by atoms with Gasteiger partial charge in [-0.3, -0.25) is 4.79 Å². The van der Waals surface area contributed by atoms with E-state index in [0.717, 1.165) is 29.1 Å². The van der Waals surface area contributed by atoms with E-state index in [1.165, 1.54) is 7.11 Å². The maximum absolute atomic E-state index is 12.5. The van der Waals surface area contributed by atoms with Gasteiger partial charge in [-0.1, -0.05) is 25.5 Å². The quantitative estimate of drug-likeness (QED) is 0.238. The monoisotopic (exact) mass is 504 g/mol. The van der Waals surface area contributed by atoms with E-state index < -0.39 is 22.5 Å². The van der Waals surface area contributed by atoms with Gasteiger partial charge in [0.1, 0.15) is 5.60 Å². The zero-order valence-corrected chi connectivity index (χ0v) is 22.0. The van der Waals surface area contributed by atoms with E-state index in [0.29, 0.717) is 24.3 Å². The van der Waals surface area contributed by atoms with Gasteiger partial charge >= 0.3 is 11.9 Å². The van der Waals surface area contributed by atoms with E-state index >= 15 is 0 Å². The predicted molar refractivity (Wildman–Crippen MR) is 139 cm³/mol. The molecule has 0 unspecified atom stereocenters. The number of esters is 2. The fourth-order valence-corrected chi connectivity index (χ4v) is 4.14. The van der Waals surface area contributed by atoms with Crippen LogP contribution in [0.25, 0.3) is 0 Å². The minimum absolute atomic E-state index is 0.110. The lowest BCUT2D eigenvalue weighted by Crippen LogP contribution is -2.24. The molecule has 0 saturated carbocycles. The Bertz CT molecular complexity index is 1070.